The van der Waals surface area contributed by atoms with Gasteiger partial charge in [-0.25, -0.2) is 4.79 Å². The van der Waals surface area contributed by atoms with Gasteiger partial charge in [0.15, 0.2) is 0 Å². The number of carboxylic acid groups (broad SMARTS) is 1. The van der Waals surface area contributed by atoms with E-state index in [0.29, 0.717) is 28.4 Å². The van der Waals surface area contributed by atoms with Crippen molar-refractivity contribution in [1.29, 1.82) is 5.26 Å². The van der Waals surface area contributed by atoms with E-state index in [2.05, 4.69) is 42.3 Å². The Hall–Kier alpha value is -5.55. The van der Waals surface area contributed by atoms with Gasteiger partial charge in [0.2, 0.25) is 5.82 Å². The molecule has 1 heterocycles. The molecule has 0 bridgehead atoms. The Bertz CT molecular complexity index is 1790. The Morgan fingerprint density at radius 3 is 2.16 bits per heavy atom. The van der Waals surface area contributed by atoms with Crippen molar-refractivity contribution < 1.29 is 19.2 Å². The molecule has 0 aliphatic rings. The van der Waals surface area contributed by atoms with Crippen LogP contribution in [0.5, 0.6) is 0 Å². The van der Waals surface area contributed by atoms with E-state index >= 15 is 0 Å². The summed E-state index contributed by atoms with van der Waals surface area (Å²) in [5.74, 6) is -0.794. The first-order valence-corrected chi connectivity index (χ1v) is 13.8. The van der Waals surface area contributed by atoms with Crippen LogP contribution in [-0.4, -0.2) is 33.2 Å². The van der Waals surface area contributed by atoms with Crippen LogP contribution >= 0.6 is 0 Å². The standard InChI is InChI=1S/C35H30N4O4/c1-35(2,3)29-17-15-26(16-18-29)32(40)37-30(34(41)42)20-22-7-9-25(10-8-22)31-38-33(43-39-31)27-13-11-24(12-14-27)28-6-4-5-23(19-28)21-36/h4-19,30H,20H2,1-3H3,(H,37,40)(H,41,42). The van der Waals surface area contributed by atoms with E-state index in [1.807, 2.05) is 54.6 Å². The number of rotatable bonds is 8. The van der Waals surface area contributed by atoms with Crippen molar-refractivity contribution in [2.24, 2.45) is 0 Å². The van der Waals surface area contributed by atoms with Crippen LogP contribution in [0.4, 0.5) is 0 Å². The van der Waals surface area contributed by atoms with Crippen LogP contribution in [-0.2, 0) is 16.6 Å². The SMILES string of the molecule is CC(C)(C)c1ccc(C(=O)NC(Cc2ccc(-c3noc(-c4ccc(-c5cccc(C#N)c5)cc4)n3)cc2)C(=O)O)cc1. The first-order valence-electron chi connectivity index (χ1n) is 13.8. The molecule has 8 nitrogen and oxygen atoms in total. The molecule has 0 aliphatic heterocycles. The Kier molecular flexibility index (Phi) is 8.17. The monoisotopic (exact) mass is 570 g/mol. The van der Waals surface area contributed by atoms with Gasteiger partial charge in [-0.05, 0) is 64.1 Å². The van der Waals surface area contributed by atoms with Gasteiger partial charge in [-0.1, -0.05) is 86.6 Å². The highest BCUT2D eigenvalue weighted by atomic mass is 16.5. The number of aliphatic carboxylic acids is 1. The summed E-state index contributed by atoms with van der Waals surface area (Å²) in [5, 5.41) is 25.7. The molecule has 2 N–H and O–H groups in total. The highest BCUT2D eigenvalue weighted by Gasteiger charge is 2.22. The van der Waals surface area contributed by atoms with Crippen LogP contribution in [0.2, 0.25) is 0 Å². The highest BCUT2D eigenvalue weighted by molar-refractivity contribution is 5.96. The quantitative estimate of drug-likeness (QED) is 0.213. The maximum absolute atomic E-state index is 12.8. The van der Waals surface area contributed by atoms with Crippen LogP contribution in [0.3, 0.4) is 0 Å². The van der Waals surface area contributed by atoms with Crippen LogP contribution in [0, 0.1) is 11.3 Å². The number of aromatic nitrogens is 2. The third-order valence-electron chi connectivity index (χ3n) is 7.15. The van der Waals surface area contributed by atoms with Gasteiger partial charge >= 0.3 is 5.97 Å². The van der Waals surface area contributed by atoms with Crippen molar-refractivity contribution in [3.8, 4) is 40.0 Å². The van der Waals surface area contributed by atoms with E-state index in [-0.39, 0.29) is 11.8 Å². The smallest absolute Gasteiger partial charge is 0.326 e. The zero-order valence-electron chi connectivity index (χ0n) is 24.0. The lowest BCUT2D eigenvalue weighted by Gasteiger charge is -2.19. The maximum atomic E-state index is 12.8. The first-order chi connectivity index (χ1) is 20.6. The summed E-state index contributed by atoms with van der Waals surface area (Å²) in [5.41, 5.74) is 6.14. The minimum Gasteiger partial charge on any atom is -0.480 e. The van der Waals surface area contributed by atoms with Crippen molar-refractivity contribution in [3.05, 3.63) is 119 Å². The Balaban J connectivity index is 1.24. The molecule has 5 rings (SSSR count). The lowest BCUT2D eigenvalue weighted by molar-refractivity contribution is -0.139. The van der Waals surface area contributed by atoms with Crippen molar-refractivity contribution in [2.75, 3.05) is 0 Å². The summed E-state index contributed by atoms with van der Waals surface area (Å²) in [6.45, 7) is 6.26. The molecular formula is C35H30N4O4. The van der Waals surface area contributed by atoms with Gasteiger partial charge in [0.05, 0.1) is 11.6 Å². The molecule has 0 fully saturated rings. The van der Waals surface area contributed by atoms with Gasteiger partial charge in [-0.3, -0.25) is 4.79 Å². The normalized spacial score (nSPS) is 11.9. The van der Waals surface area contributed by atoms with Crippen LogP contribution in [0.1, 0.15) is 47.8 Å². The number of benzene rings is 4. The lowest BCUT2D eigenvalue weighted by Crippen LogP contribution is -2.42. The molecule has 5 aromatic rings. The topological polar surface area (TPSA) is 129 Å². The second kappa shape index (κ2) is 12.1. The molecular weight excluding hydrogens is 540 g/mol. The van der Waals surface area contributed by atoms with Crippen molar-refractivity contribution in [2.45, 2.75) is 38.6 Å². The van der Waals surface area contributed by atoms with E-state index in [1.54, 1.807) is 42.5 Å². The fraction of sp³-hybridized carbons (Fsp3) is 0.171. The fourth-order valence-electron chi connectivity index (χ4n) is 4.62. The number of carboxylic acids is 1. The van der Waals surface area contributed by atoms with Gasteiger partial charge < -0.3 is 14.9 Å². The summed E-state index contributed by atoms with van der Waals surface area (Å²) in [7, 11) is 0. The average Bonchev–Trinajstić information content (AvgIpc) is 3.51. The summed E-state index contributed by atoms with van der Waals surface area (Å²) in [6, 6.07) is 30.5. The Morgan fingerprint density at radius 2 is 1.53 bits per heavy atom. The molecule has 0 aliphatic carbocycles. The number of hydrogen-bond donors (Lipinski definition) is 2. The van der Waals surface area contributed by atoms with Crippen molar-refractivity contribution in [1.82, 2.24) is 15.5 Å². The number of nitriles is 1. The second-order valence-corrected chi connectivity index (χ2v) is 11.3. The summed E-state index contributed by atoms with van der Waals surface area (Å²) in [6.07, 6.45) is 0.114. The summed E-state index contributed by atoms with van der Waals surface area (Å²) in [4.78, 5) is 29.2. The van der Waals surface area contributed by atoms with Crippen LogP contribution < -0.4 is 5.32 Å². The predicted molar refractivity (Wildman–Crippen MR) is 163 cm³/mol. The number of nitrogens with one attached hydrogen (secondary N) is 1. The number of amides is 1. The highest BCUT2D eigenvalue weighted by Crippen LogP contribution is 2.27. The molecule has 0 saturated heterocycles. The number of carbonyl (C=O) groups is 2. The molecule has 214 valence electrons. The lowest BCUT2D eigenvalue weighted by atomic mass is 9.86. The second-order valence-electron chi connectivity index (χ2n) is 11.3. The third kappa shape index (κ3) is 6.85. The van der Waals surface area contributed by atoms with E-state index < -0.39 is 17.9 Å². The Morgan fingerprint density at radius 1 is 0.884 bits per heavy atom. The molecule has 0 spiro atoms. The first kappa shape index (κ1) is 29.0. The van der Waals surface area contributed by atoms with Gasteiger partial charge in [0.25, 0.3) is 11.8 Å². The molecule has 43 heavy (non-hydrogen) atoms. The van der Waals surface area contributed by atoms with Crippen molar-refractivity contribution in [3.63, 3.8) is 0 Å². The maximum Gasteiger partial charge on any atom is 0.326 e. The average molecular weight is 571 g/mol. The molecule has 0 saturated carbocycles. The molecule has 0 radical (unpaired) electrons. The van der Waals surface area contributed by atoms with Gasteiger partial charge in [-0.2, -0.15) is 10.2 Å². The molecule has 1 unspecified atom stereocenters. The van der Waals surface area contributed by atoms with Crippen molar-refractivity contribution >= 4 is 11.9 Å². The zero-order chi connectivity index (χ0) is 30.6. The van der Waals surface area contributed by atoms with Crippen LogP contribution in [0.25, 0.3) is 34.0 Å². The van der Waals surface area contributed by atoms with E-state index in [9.17, 15) is 14.7 Å². The van der Waals surface area contributed by atoms with Gasteiger partial charge in [0, 0.05) is 23.1 Å². The zero-order valence-corrected chi connectivity index (χ0v) is 24.0. The van der Waals surface area contributed by atoms with Gasteiger partial charge in [0.1, 0.15) is 6.04 Å². The number of carbonyl (C=O) groups excluding carboxylic acids is 1. The molecule has 4 aromatic carbocycles. The molecule has 1 aromatic heterocycles. The predicted octanol–water partition coefficient (Wildman–Crippen LogP) is 6.67. The Labute approximate surface area is 249 Å². The van der Waals surface area contributed by atoms with E-state index in [0.717, 1.165) is 27.8 Å². The number of nitrogens with zero attached hydrogens (tertiary/aromatic N) is 3. The molecule has 1 amide bonds. The largest absolute Gasteiger partial charge is 0.480 e. The van der Waals surface area contributed by atoms with E-state index in [4.69, 9.17) is 9.78 Å². The fourth-order valence-corrected chi connectivity index (χ4v) is 4.62. The van der Waals surface area contributed by atoms with Gasteiger partial charge in [-0.15, -0.1) is 0 Å². The molecule has 8 heteroatoms. The minimum atomic E-state index is -1.12. The minimum absolute atomic E-state index is 0.0488. The van der Waals surface area contributed by atoms with Crippen LogP contribution in [0.15, 0.2) is 102 Å². The summed E-state index contributed by atoms with van der Waals surface area (Å²) < 4.78 is 5.50. The summed E-state index contributed by atoms with van der Waals surface area (Å²) >= 11 is 0. The molecule has 1 atom stereocenters. The number of hydrogen-bond acceptors (Lipinski definition) is 6. The third-order valence-corrected chi connectivity index (χ3v) is 7.15. The van der Waals surface area contributed by atoms with E-state index in [1.165, 1.54) is 0 Å².